The van der Waals surface area contributed by atoms with E-state index in [-0.39, 0.29) is 18.3 Å². The number of benzene rings is 2. The lowest BCUT2D eigenvalue weighted by Crippen LogP contribution is -2.33. The van der Waals surface area contributed by atoms with Crippen molar-refractivity contribution in [2.24, 2.45) is 0 Å². The smallest absolute Gasteiger partial charge is 0.260 e. The Bertz CT molecular complexity index is 946. The van der Waals surface area contributed by atoms with Gasteiger partial charge in [0.05, 0.1) is 9.72 Å². The van der Waals surface area contributed by atoms with Crippen LogP contribution in [-0.4, -0.2) is 49.2 Å². The molecule has 8 heteroatoms. The summed E-state index contributed by atoms with van der Waals surface area (Å²) in [6, 6.07) is 13.5. The standard InChI is InChI=1S/C20H22ClN3OS2.ClH/c1-23(2)11-6-12-24(19(25)14-7-4-8-15(13-14)26-3)20-22-18-16(21)9-5-10-17(18)27-20;/h4-5,7-10,13H,6,11-12H2,1-3H3;1H. The van der Waals surface area contributed by atoms with Gasteiger partial charge in [0.2, 0.25) is 0 Å². The SMILES string of the molecule is CSc1cccc(C(=O)N(CCCN(C)C)c2nc3c(Cl)cccc3s2)c1.Cl. The third kappa shape index (κ3) is 5.39. The molecule has 150 valence electrons. The molecular weight excluding hydrogens is 433 g/mol. The topological polar surface area (TPSA) is 36.4 Å². The van der Waals surface area contributed by atoms with Crippen LogP contribution >= 0.6 is 47.1 Å². The Kier molecular flexibility index (Phi) is 8.58. The summed E-state index contributed by atoms with van der Waals surface area (Å²) in [5.74, 6) is -0.0279. The number of fused-ring (bicyclic) bond motifs is 1. The summed E-state index contributed by atoms with van der Waals surface area (Å²) in [6.45, 7) is 1.51. The van der Waals surface area contributed by atoms with E-state index in [1.165, 1.54) is 11.3 Å². The van der Waals surface area contributed by atoms with E-state index in [0.717, 1.165) is 28.1 Å². The van der Waals surface area contributed by atoms with Gasteiger partial charge in [-0.05, 0) is 63.6 Å². The number of carbonyl (C=O) groups excluding carboxylic acids is 1. The minimum Gasteiger partial charge on any atom is -0.309 e. The van der Waals surface area contributed by atoms with E-state index in [9.17, 15) is 4.79 Å². The fraction of sp³-hybridized carbons (Fsp3) is 0.300. The van der Waals surface area contributed by atoms with E-state index in [1.807, 2.05) is 62.8 Å². The van der Waals surface area contributed by atoms with Gasteiger partial charge in [-0.25, -0.2) is 4.98 Å². The zero-order valence-corrected chi connectivity index (χ0v) is 19.2. The Morgan fingerprint density at radius 1 is 1.18 bits per heavy atom. The first-order valence-electron chi connectivity index (χ1n) is 8.65. The fourth-order valence-electron chi connectivity index (χ4n) is 2.76. The van der Waals surface area contributed by atoms with E-state index in [4.69, 9.17) is 11.6 Å². The summed E-state index contributed by atoms with van der Waals surface area (Å²) >= 11 is 9.42. The molecule has 0 N–H and O–H groups in total. The van der Waals surface area contributed by atoms with Crippen LogP contribution in [-0.2, 0) is 0 Å². The summed E-state index contributed by atoms with van der Waals surface area (Å²) in [4.78, 5) is 22.9. The van der Waals surface area contributed by atoms with Crippen LogP contribution in [0.25, 0.3) is 10.2 Å². The van der Waals surface area contributed by atoms with Crippen LogP contribution in [0.3, 0.4) is 0 Å². The second-order valence-corrected chi connectivity index (χ2v) is 8.72. The summed E-state index contributed by atoms with van der Waals surface area (Å²) in [5, 5.41) is 1.30. The Labute approximate surface area is 185 Å². The number of amides is 1. The molecule has 0 aliphatic heterocycles. The van der Waals surface area contributed by atoms with Crippen molar-refractivity contribution in [3.05, 3.63) is 53.1 Å². The van der Waals surface area contributed by atoms with Gasteiger partial charge >= 0.3 is 0 Å². The number of hydrogen-bond acceptors (Lipinski definition) is 5. The highest BCUT2D eigenvalue weighted by Crippen LogP contribution is 2.33. The summed E-state index contributed by atoms with van der Waals surface area (Å²) in [7, 11) is 4.07. The maximum absolute atomic E-state index is 13.3. The van der Waals surface area contributed by atoms with E-state index >= 15 is 0 Å². The number of aromatic nitrogens is 1. The Hall–Kier alpha value is -1.31. The van der Waals surface area contributed by atoms with E-state index in [2.05, 4.69) is 9.88 Å². The van der Waals surface area contributed by atoms with Gasteiger partial charge in [0, 0.05) is 17.0 Å². The van der Waals surface area contributed by atoms with Crippen molar-refractivity contribution in [2.45, 2.75) is 11.3 Å². The molecule has 1 aromatic heterocycles. The van der Waals surface area contributed by atoms with Crippen LogP contribution in [0.1, 0.15) is 16.8 Å². The third-order valence-electron chi connectivity index (χ3n) is 4.14. The van der Waals surface area contributed by atoms with Gasteiger partial charge in [0.1, 0.15) is 5.52 Å². The first-order chi connectivity index (χ1) is 13.0. The van der Waals surface area contributed by atoms with Gasteiger partial charge in [-0.3, -0.25) is 9.69 Å². The number of halogens is 2. The molecule has 0 unspecified atom stereocenters. The van der Waals surface area contributed by atoms with Crippen LogP contribution in [0, 0.1) is 0 Å². The second-order valence-electron chi connectivity index (χ2n) is 6.43. The highest BCUT2D eigenvalue weighted by molar-refractivity contribution is 7.98. The zero-order chi connectivity index (χ0) is 19.4. The first kappa shape index (κ1) is 23.0. The number of anilines is 1. The van der Waals surface area contributed by atoms with Gasteiger partial charge in [-0.2, -0.15) is 0 Å². The molecule has 1 amide bonds. The normalized spacial score (nSPS) is 10.9. The van der Waals surface area contributed by atoms with Crippen molar-refractivity contribution in [3.8, 4) is 0 Å². The molecule has 3 rings (SSSR count). The largest absolute Gasteiger partial charge is 0.309 e. The second kappa shape index (κ2) is 10.5. The highest BCUT2D eigenvalue weighted by Gasteiger charge is 2.22. The Balaban J connectivity index is 0.00000280. The lowest BCUT2D eigenvalue weighted by molar-refractivity contribution is 0.0986. The Morgan fingerprint density at radius 3 is 2.61 bits per heavy atom. The quantitative estimate of drug-likeness (QED) is 0.428. The van der Waals surface area contributed by atoms with E-state index in [1.54, 1.807) is 16.7 Å². The molecule has 0 spiro atoms. The molecule has 3 aromatic rings. The number of rotatable bonds is 7. The number of thiazole rings is 1. The van der Waals surface area contributed by atoms with Gasteiger partial charge in [-0.1, -0.05) is 35.1 Å². The van der Waals surface area contributed by atoms with Crippen LogP contribution in [0.15, 0.2) is 47.4 Å². The van der Waals surface area contributed by atoms with Crippen molar-refractivity contribution in [2.75, 3.05) is 38.3 Å². The number of thioether (sulfide) groups is 1. The van der Waals surface area contributed by atoms with Crippen molar-refractivity contribution in [1.82, 2.24) is 9.88 Å². The monoisotopic (exact) mass is 455 g/mol. The molecular formula is C20H23Cl2N3OS2. The van der Waals surface area contributed by atoms with Gasteiger partial charge in [0.15, 0.2) is 5.13 Å². The molecule has 2 aromatic carbocycles. The maximum Gasteiger partial charge on any atom is 0.260 e. The number of para-hydroxylation sites is 1. The van der Waals surface area contributed by atoms with Crippen LogP contribution in [0.4, 0.5) is 5.13 Å². The summed E-state index contributed by atoms with van der Waals surface area (Å²) in [5.41, 5.74) is 1.43. The minimum atomic E-state index is -0.0279. The molecule has 0 saturated heterocycles. The first-order valence-corrected chi connectivity index (χ1v) is 11.1. The molecule has 4 nitrogen and oxygen atoms in total. The van der Waals surface area contributed by atoms with Crippen LogP contribution in [0.5, 0.6) is 0 Å². The average Bonchev–Trinajstić information content (AvgIpc) is 3.10. The highest BCUT2D eigenvalue weighted by atomic mass is 35.5. The van der Waals surface area contributed by atoms with Crippen molar-refractivity contribution < 1.29 is 4.79 Å². The summed E-state index contributed by atoms with van der Waals surface area (Å²) < 4.78 is 0.987. The van der Waals surface area contributed by atoms with Crippen molar-refractivity contribution in [3.63, 3.8) is 0 Å². The molecule has 0 saturated carbocycles. The van der Waals surface area contributed by atoms with E-state index < -0.39 is 0 Å². The van der Waals surface area contributed by atoms with Crippen molar-refractivity contribution in [1.29, 1.82) is 0 Å². The van der Waals surface area contributed by atoms with Crippen molar-refractivity contribution >= 4 is 68.4 Å². The predicted molar refractivity (Wildman–Crippen MR) is 125 cm³/mol. The lowest BCUT2D eigenvalue weighted by atomic mass is 10.2. The van der Waals surface area contributed by atoms with Crippen LogP contribution < -0.4 is 4.90 Å². The minimum absolute atomic E-state index is 0. The number of nitrogens with zero attached hydrogens (tertiary/aromatic N) is 3. The van der Waals surface area contributed by atoms with Crippen LogP contribution in [0.2, 0.25) is 5.02 Å². The molecule has 28 heavy (non-hydrogen) atoms. The van der Waals surface area contributed by atoms with E-state index in [0.29, 0.717) is 22.3 Å². The molecule has 0 aliphatic rings. The third-order valence-corrected chi connectivity index (χ3v) is 6.21. The number of hydrogen-bond donors (Lipinski definition) is 0. The van der Waals surface area contributed by atoms with Gasteiger partial charge in [-0.15, -0.1) is 24.2 Å². The molecule has 0 atom stereocenters. The fourth-order valence-corrected chi connectivity index (χ4v) is 4.51. The molecule has 0 aliphatic carbocycles. The zero-order valence-electron chi connectivity index (χ0n) is 16.0. The molecule has 0 fully saturated rings. The maximum atomic E-state index is 13.3. The Morgan fingerprint density at radius 2 is 1.93 bits per heavy atom. The lowest BCUT2D eigenvalue weighted by Gasteiger charge is -2.21. The van der Waals surface area contributed by atoms with Gasteiger partial charge in [0.25, 0.3) is 5.91 Å². The summed E-state index contributed by atoms with van der Waals surface area (Å²) in [6.07, 6.45) is 2.87. The van der Waals surface area contributed by atoms with Gasteiger partial charge < -0.3 is 4.90 Å². The molecule has 0 bridgehead atoms. The number of carbonyl (C=O) groups is 1. The average molecular weight is 456 g/mol. The molecule has 1 heterocycles. The predicted octanol–water partition coefficient (Wildman–Crippen LogP) is 5.69. The molecule has 0 radical (unpaired) electrons.